The minimum absolute atomic E-state index is 0.0710. The molecular weight excluding hydrogens is 278 g/mol. The van der Waals surface area contributed by atoms with Crippen LogP contribution in [0.15, 0.2) is 36.4 Å². The highest BCUT2D eigenvalue weighted by Gasteiger charge is 2.10. The third-order valence-corrected chi connectivity index (χ3v) is 3.18. The highest BCUT2D eigenvalue weighted by molar-refractivity contribution is 6.30. The number of para-hydroxylation sites is 1. The second-order valence-electron chi connectivity index (χ2n) is 4.35. The van der Waals surface area contributed by atoms with Crippen molar-refractivity contribution in [2.45, 2.75) is 13.1 Å². The van der Waals surface area contributed by atoms with E-state index in [-0.39, 0.29) is 11.5 Å². The van der Waals surface area contributed by atoms with E-state index >= 15 is 0 Å². The summed E-state index contributed by atoms with van der Waals surface area (Å²) in [7, 11) is 1.48. The van der Waals surface area contributed by atoms with Crippen LogP contribution in [0, 0.1) is 0 Å². The molecule has 2 aromatic carbocycles. The van der Waals surface area contributed by atoms with Crippen molar-refractivity contribution in [1.29, 1.82) is 0 Å². The van der Waals surface area contributed by atoms with Crippen LogP contribution in [0.1, 0.15) is 11.1 Å². The summed E-state index contributed by atoms with van der Waals surface area (Å²) in [5.41, 5.74) is 1.44. The van der Waals surface area contributed by atoms with E-state index in [9.17, 15) is 10.2 Å². The van der Waals surface area contributed by atoms with Gasteiger partial charge in [0.25, 0.3) is 0 Å². The summed E-state index contributed by atoms with van der Waals surface area (Å²) in [6, 6.07) is 10.3. The lowest BCUT2D eigenvalue weighted by molar-refractivity contribution is 0.369. The lowest BCUT2D eigenvalue weighted by Gasteiger charge is -2.11. The third-order valence-electron chi connectivity index (χ3n) is 2.96. The van der Waals surface area contributed by atoms with Crippen molar-refractivity contribution in [3.05, 3.63) is 52.5 Å². The summed E-state index contributed by atoms with van der Waals surface area (Å²) in [6.07, 6.45) is 0. The maximum Gasteiger partial charge on any atom is 0.162 e. The predicted octanol–water partition coefficient (Wildman–Crippen LogP) is 3.05. The second kappa shape index (κ2) is 6.50. The molecule has 0 unspecified atom stereocenters. The Bertz CT molecular complexity index is 602. The Kier molecular flexibility index (Phi) is 4.71. The minimum atomic E-state index is 0.0710. The van der Waals surface area contributed by atoms with E-state index in [0.29, 0.717) is 29.4 Å². The number of phenols is 2. The van der Waals surface area contributed by atoms with Gasteiger partial charge in [0.2, 0.25) is 0 Å². The first-order valence-corrected chi connectivity index (χ1v) is 6.52. The molecule has 0 saturated carbocycles. The number of benzene rings is 2. The van der Waals surface area contributed by atoms with E-state index in [4.69, 9.17) is 16.3 Å². The first kappa shape index (κ1) is 14.5. The summed E-state index contributed by atoms with van der Waals surface area (Å²) < 4.78 is 5.05. The van der Waals surface area contributed by atoms with Gasteiger partial charge < -0.3 is 20.3 Å². The Hall–Kier alpha value is -1.91. The fourth-order valence-corrected chi connectivity index (χ4v) is 2.14. The average molecular weight is 294 g/mol. The molecule has 0 saturated heterocycles. The van der Waals surface area contributed by atoms with Crippen LogP contribution in [0.2, 0.25) is 5.02 Å². The molecule has 0 heterocycles. The molecule has 0 atom stereocenters. The lowest BCUT2D eigenvalue weighted by atomic mass is 10.1. The SMILES string of the molecule is COc1cc(Cl)cc(CNCc2ccccc2O)c1O. The fourth-order valence-electron chi connectivity index (χ4n) is 1.91. The van der Waals surface area contributed by atoms with Crippen molar-refractivity contribution < 1.29 is 14.9 Å². The molecule has 0 amide bonds. The number of halogens is 1. The quantitative estimate of drug-likeness (QED) is 0.793. The Balaban J connectivity index is 2.05. The van der Waals surface area contributed by atoms with Crippen molar-refractivity contribution in [3.63, 3.8) is 0 Å². The van der Waals surface area contributed by atoms with Gasteiger partial charge in [-0.1, -0.05) is 29.8 Å². The lowest BCUT2D eigenvalue weighted by Crippen LogP contribution is -2.13. The largest absolute Gasteiger partial charge is 0.508 e. The summed E-state index contributed by atoms with van der Waals surface area (Å²) in [6.45, 7) is 0.901. The zero-order chi connectivity index (χ0) is 14.5. The maximum absolute atomic E-state index is 9.99. The molecule has 0 aliphatic carbocycles. The predicted molar refractivity (Wildman–Crippen MR) is 78.3 cm³/mol. The van der Waals surface area contributed by atoms with E-state index in [1.54, 1.807) is 24.3 Å². The summed E-state index contributed by atoms with van der Waals surface area (Å²) in [5.74, 6) is 0.659. The molecule has 0 aliphatic rings. The molecule has 2 rings (SSSR count). The molecule has 4 nitrogen and oxygen atoms in total. The number of rotatable bonds is 5. The minimum Gasteiger partial charge on any atom is -0.508 e. The number of phenolic OH excluding ortho intramolecular Hbond substituents is 2. The van der Waals surface area contributed by atoms with Gasteiger partial charge in [0, 0.05) is 35.3 Å². The third kappa shape index (κ3) is 3.35. The van der Waals surface area contributed by atoms with E-state index in [0.717, 1.165) is 5.56 Å². The van der Waals surface area contributed by atoms with Crippen molar-refractivity contribution in [1.82, 2.24) is 5.32 Å². The van der Waals surface area contributed by atoms with Crippen LogP contribution < -0.4 is 10.1 Å². The standard InChI is InChI=1S/C15H16ClNO3/c1-20-14-7-12(16)6-11(15(14)19)9-17-8-10-4-2-3-5-13(10)18/h2-7,17-19H,8-9H2,1H3. The van der Waals surface area contributed by atoms with Crippen LogP contribution in [0.4, 0.5) is 0 Å². The topological polar surface area (TPSA) is 61.7 Å². The Labute approximate surface area is 122 Å². The van der Waals surface area contributed by atoms with E-state index in [2.05, 4.69) is 5.32 Å². The monoisotopic (exact) mass is 293 g/mol. The molecule has 0 aliphatic heterocycles. The molecule has 0 spiro atoms. The number of hydrogen-bond acceptors (Lipinski definition) is 4. The molecule has 106 valence electrons. The molecule has 0 bridgehead atoms. The van der Waals surface area contributed by atoms with Crippen LogP contribution in [-0.2, 0) is 13.1 Å². The van der Waals surface area contributed by atoms with Gasteiger partial charge >= 0.3 is 0 Å². The van der Waals surface area contributed by atoms with Crippen LogP contribution in [0.5, 0.6) is 17.2 Å². The van der Waals surface area contributed by atoms with Crippen molar-refractivity contribution in [2.75, 3.05) is 7.11 Å². The molecule has 5 heteroatoms. The molecule has 0 aromatic heterocycles. The van der Waals surface area contributed by atoms with Crippen LogP contribution in [0.25, 0.3) is 0 Å². The highest BCUT2D eigenvalue weighted by Crippen LogP contribution is 2.33. The number of aromatic hydroxyl groups is 2. The zero-order valence-corrected chi connectivity index (χ0v) is 11.8. The Morgan fingerprint density at radius 1 is 1.10 bits per heavy atom. The molecule has 0 fully saturated rings. The van der Waals surface area contributed by atoms with Crippen LogP contribution in [0.3, 0.4) is 0 Å². The van der Waals surface area contributed by atoms with Gasteiger partial charge in [0.15, 0.2) is 11.5 Å². The van der Waals surface area contributed by atoms with Crippen LogP contribution >= 0.6 is 11.6 Å². The van der Waals surface area contributed by atoms with Gasteiger partial charge in [-0.15, -0.1) is 0 Å². The van der Waals surface area contributed by atoms with Gasteiger partial charge in [0.05, 0.1) is 7.11 Å². The summed E-state index contributed by atoms with van der Waals surface area (Å²) in [4.78, 5) is 0. The molecule has 20 heavy (non-hydrogen) atoms. The average Bonchev–Trinajstić information content (AvgIpc) is 2.44. The summed E-state index contributed by atoms with van der Waals surface area (Å²) >= 11 is 5.96. The van der Waals surface area contributed by atoms with E-state index in [1.807, 2.05) is 12.1 Å². The normalized spacial score (nSPS) is 10.5. The van der Waals surface area contributed by atoms with Gasteiger partial charge in [-0.05, 0) is 12.1 Å². The van der Waals surface area contributed by atoms with Crippen molar-refractivity contribution in [3.8, 4) is 17.2 Å². The van der Waals surface area contributed by atoms with Crippen LogP contribution in [-0.4, -0.2) is 17.3 Å². The van der Waals surface area contributed by atoms with Crippen molar-refractivity contribution >= 4 is 11.6 Å². The van der Waals surface area contributed by atoms with Gasteiger partial charge in [-0.25, -0.2) is 0 Å². The number of nitrogens with one attached hydrogen (secondary N) is 1. The fraction of sp³-hybridized carbons (Fsp3) is 0.200. The molecular formula is C15H16ClNO3. The molecule has 2 aromatic rings. The Morgan fingerprint density at radius 2 is 1.80 bits per heavy atom. The maximum atomic E-state index is 9.99. The first-order chi connectivity index (χ1) is 9.61. The Morgan fingerprint density at radius 3 is 2.50 bits per heavy atom. The zero-order valence-electron chi connectivity index (χ0n) is 11.1. The molecule has 0 radical (unpaired) electrons. The smallest absolute Gasteiger partial charge is 0.162 e. The number of methoxy groups -OCH3 is 1. The first-order valence-electron chi connectivity index (χ1n) is 6.14. The van der Waals surface area contributed by atoms with Crippen molar-refractivity contribution in [2.24, 2.45) is 0 Å². The number of hydrogen-bond donors (Lipinski definition) is 3. The molecule has 3 N–H and O–H groups in total. The summed E-state index contributed by atoms with van der Waals surface area (Å²) in [5, 5.41) is 23.3. The van der Waals surface area contributed by atoms with Gasteiger partial charge in [-0.3, -0.25) is 0 Å². The van der Waals surface area contributed by atoms with Gasteiger partial charge in [-0.2, -0.15) is 0 Å². The highest BCUT2D eigenvalue weighted by atomic mass is 35.5. The van der Waals surface area contributed by atoms with E-state index < -0.39 is 0 Å². The van der Waals surface area contributed by atoms with E-state index in [1.165, 1.54) is 7.11 Å². The van der Waals surface area contributed by atoms with Gasteiger partial charge in [0.1, 0.15) is 5.75 Å². The second-order valence-corrected chi connectivity index (χ2v) is 4.78. The number of ether oxygens (including phenoxy) is 1.